The van der Waals surface area contributed by atoms with Crippen LogP contribution >= 0.6 is 35.1 Å². The van der Waals surface area contributed by atoms with E-state index in [9.17, 15) is 38.4 Å². The SMILES string of the molecule is CC(=O)OOC(C)=O.CCC.CCNC(=O)OC(C)(C)C.CCNC(=O)OC(C)(C)C.Cl.O=Cc1cn(-c2ncccn2)cn1.O=c1cc(-c2cccs2)nc(C2CCCN(Cc3cn(-c4ncccn4)cn3)C2)[nH]1.O=c1cc(-c2cccs2)nc(C2CCCNC2)[nH]1.[B-]OC(C)=O.[Na+]. The number of rotatable bonds is 11. The number of piperidine rings is 2. The molecule has 2 amide bonds. The zero-order valence-electron chi connectivity index (χ0n) is 58.6. The molecule has 99 heavy (non-hydrogen) atoms. The summed E-state index contributed by atoms with van der Waals surface area (Å²) < 4.78 is 16.9. The molecule has 3 radical (unpaired) electrons. The van der Waals surface area contributed by atoms with Crippen molar-refractivity contribution in [1.29, 1.82) is 0 Å². The van der Waals surface area contributed by atoms with E-state index in [0.717, 1.165) is 111 Å². The molecule has 2 fully saturated rings. The average molecular weight is 1440 g/mol. The summed E-state index contributed by atoms with van der Waals surface area (Å²) in [7, 11) is 4.32. The van der Waals surface area contributed by atoms with Gasteiger partial charge in [-0.3, -0.25) is 33.2 Å². The molecule has 0 saturated carbocycles. The van der Waals surface area contributed by atoms with Crippen LogP contribution in [0.3, 0.4) is 0 Å². The summed E-state index contributed by atoms with van der Waals surface area (Å²) >= 11 is 3.21. The summed E-state index contributed by atoms with van der Waals surface area (Å²) in [5.74, 6) is 1.49. The number of aldehydes is 1. The molecular formula is C65H90BClN16NaO13S2. The number of imidazole rings is 2. The standard InChI is InChI=1S/C21H21N7OS.C13H15N3OS.C8H6N4O.2C7H15NO2.C4H6O4.C3H8.C2H3BO2.ClH.Na/c29-19-10-17(18-5-2-9-30-18)25-20(26-19)15-4-1-8-27(11-15)12-16-13-28(14-24-16)21-22-6-3-7-23-21;17-12-7-10(11-4-2-6-18-11)15-13(16-12)9-3-1-5-14-8-9;13-5-7-4-12(6-11-7)8-9-2-1-3-10-8;2*1-5-8-6(9)10-7(2,3)4;1-3(5)7-8-4(2)6;1-3-2;1-2(4)5-3;;/h2-3,5-7,9-10,13-15H,1,4,8,11-12H2,(H,25,26,29);2,4,6-7,9,14H,1,3,5,8H2,(H,15,16,17);1-6H;2*5H2,1-4H3,(H,8,9);1-2H3;3H2,1-2H3;1H3;1H;/q;;;;;;;-1;;+1. The fourth-order valence-corrected chi connectivity index (χ4v) is 9.50. The van der Waals surface area contributed by atoms with E-state index >= 15 is 0 Å². The first kappa shape index (κ1) is 88.6. The number of hydrogen-bond donors (Lipinski definition) is 5. The Morgan fingerprint density at radius 1 is 0.657 bits per heavy atom. The van der Waals surface area contributed by atoms with Crippen LogP contribution in [0.4, 0.5) is 9.59 Å². The third-order valence-corrected chi connectivity index (χ3v) is 13.6. The Labute approximate surface area is 614 Å². The van der Waals surface area contributed by atoms with E-state index in [0.29, 0.717) is 42.9 Å². The Morgan fingerprint density at radius 2 is 1.10 bits per heavy atom. The maximum atomic E-state index is 12.2. The molecule has 0 aliphatic carbocycles. The molecule has 5 N–H and O–H groups in total. The molecule has 29 nitrogen and oxygen atoms in total. The van der Waals surface area contributed by atoms with Crippen molar-refractivity contribution in [3.05, 3.63) is 153 Å². The predicted octanol–water partition coefficient (Wildman–Crippen LogP) is 6.86. The fraction of sp³-hybridized carbons (Fsp3) is 0.446. The monoisotopic (exact) mass is 1440 g/mol. The number of likely N-dealkylation sites (tertiary alicyclic amines) is 1. The first-order valence-corrected chi connectivity index (χ1v) is 32.9. The fourth-order valence-electron chi connectivity index (χ4n) is 8.12. The van der Waals surface area contributed by atoms with Crippen LogP contribution < -0.4 is 56.6 Å². The second-order valence-corrected chi connectivity index (χ2v) is 24.7. The third-order valence-electron chi connectivity index (χ3n) is 11.8. The molecule has 0 bridgehead atoms. The van der Waals surface area contributed by atoms with Gasteiger partial charge >= 0.3 is 53.7 Å². The number of carbonyl (C=O) groups is 6. The summed E-state index contributed by atoms with van der Waals surface area (Å²) in [4.78, 5) is 137. The maximum absolute atomic E-state index is 12.2. The predicted molar refractivity (Wildman–Crippen MR) is 376 cm³/mol. The Balaban J connectivity index is 0.000000616. The van der Waals surface area contributed by atoms with Crippen molar-refractivity contribution in [1.82, 2.24) is 79.8 Å². The number of aromatic amines is 2. The molecule has 2 atom stereocenters. The van der Waals surface area contributed by atoms with Crippen LogP contribution in [0.1, 0.15) is 162 Å². The van der Waals surface area contributed by atoms with E-state index in [2.05, 4.69) is 102 Å². The second kappa shape index (κ2) is 48.4. The van der Waals surface area contributed by atoms with Crippen LogP contribution in [0.2, 0.25) is 0 Å². The van der Waals surface area contributed by atoms with Gasteiger partial charge < -0.3 is 48.1 Å². The molecule has 10 rings (SSSR count). The molecule has 10 heterocycles. The number of amides is 2. The molecule has 34 heteroatoms. The van der Waals surface area contributed by atoms with Gasteiger partial charge in [-0.2, -0.15) is 0 Å². The molecule has 8 aromatic rings. The van der Waals surface area contributed by atoms with Crippen LogP contribution in [0, 0.1) is 0 Å². The first-order valence-electron chi connectivity index (χ1n) is 31.2. The molecule has 2 aliphatic rings. The normalized spacial score (nSPS) is 13.5. The number of nitrogens with one attached hydrogen (secondary N) is 5. The Kier molecular flexibility index (Phi) is 43.3. The summed E-state index contributed by atoms with van der Waals surface area (Å²) in [5, 5.41) is 12.4. The van der Waals surface area contributed by atoms with Gasteiger partial charge in [0.1, 0.15) is 41.2 Å². The van der Waals surface area contributed by atoms with E-state index in [1.165, 1.54) is 19.7 Å². The van der Waals surface area contributed by atoms with Crippen molar-refractivity contribution in [2.24, 2.45) is 0 Å². The van der Waals surface area contributed by atoms with E-state index < -0.39 is 17.9 Å². The zero-order chi connectivity index (χ0) is 71.8. The van der Waals surface area contributed by atoms with E-state index in [1.54, 1.807) is 88.8 Å². The number of carbonyl (C=O) groups excluding carboxylic acids is 6. The first-order chi connectivity index (χ1) is 46.2. The summed E-state index contributed by atoms with van der Waals surface area (Å²) in [6.45, 7) is 28.2. The quantitative estimate of drug-likeness (QED) is 0.0382. The van der Waals surface area contributed by atoms with Crippen LogP contribution in [-0.4, -0.2) is 159 Å². The smallest absolute Gasteiger partial charge is 0.793 e. The van der Waals surface area contributed by atoms with E-state index in [-0.39, 0.29) is 82.4 Å². The third kappa shape index (κ3) is 38.0. The number of ether oxygens (including phenoxy) is 2. The van der Waals surface area contributed by atoms with Crippen molar-refractivity contribution in [3.63, 3.8) is 0 Å². The molecular weight excluding hydrogens is 1350 g/mol. The molecule has 2 aliphatic heterocycles. The largest absolute Gasteiger partial charge is 1.00 e. The molecule has 8 aromatic heterocycles. The number of H-pyrrole nitrogens is 2. The maximum Gasteiger partial charge on any atom is 1.00 e. The van der Waals surface area contributed by atoms with Crippen molar-refractivity contribution in [3.8, 4) is 33.0 Å². The van der Waals surface area contributed by atoms with Crippen molar-refractivity contribution >= 4 is 79.5 Å². The summed E-state index contributed by atoms with van der Waals surface area (Å²) in [6, 6.07) is 14.6. The minimum Gasteiger partial charge on any atom is -0.793 e. The molecule has 2 unspecified atom stereocenters. The number of hydrogen-bond acceptors (Lipinski definition) is 25. The van der Waals surface area contributed by atoms with Crippen molar-refractivity contribution in [2.75, 3.05) is 39.3 Å². The van der Waals surface area contributed by atoms with Gasteiger partial charge in [0, 0.05) is 115 Å². The molecule has 0 aromatic carbocycles. The number of nitrogens with zero attached hydrogens (tertiary/aromatic N) is 11. The van der Waals surface area contributed by atoms with Gasteiger partial charge in [-0.25, -0.2) is 68.8 Å². The van der Waals surface area contributed by atoms with E-state index in [1.807, 2.05) is 101 Å². The number of thiophene rings is 2. The van der Waals surface area contributed by atoms with Gasteiger partial charge in [-0.15, -0.1) is 35.1 Å². The van der Waals surface area contributed by atoms with Gasteiger partial charge in [0.05, 0.1) is 26.8 Å². The van der Waals surface area contributed by atoms with Crippen LogP contribution in [-0.2, 0) is 44.8 Å². The molecule has 0 spiro atoms. The Hall–Kier alpha value is -8.37. The van der Waals surface area contributed by atoms with Gasteiger partial charge in [-0.1, -0.05) is 32.4 Å². The summed E-state index contributed by atoms with van der Waals surface area (Å²) in [6.07, 6.45) is 19.0. The van der Waals surface area contributed by atoms with Gasteiger partial charge in [0.25, 0.3) is 11.1 Å². The average Bonchev–Trinajstić information content (AvgIpc) is 1.21. The number of aromatic nitrogens is 12. The minimum atomic E-state index is -0.639. The van der Waals surface area contributed by atoms with Gasteiger partial charge in [0.2, 0.25) is 17.9 Å². The van der Waals surface area contributed by atoms with Crippen LogP contribution in [0.25, 0.3) is 33.0 Å². The Morgan fingerprint density at radius 3 is 1.48 bits per heavy atom. The minimum absolute atomic E-state index is 0. The van der Waals surface area contributed by atoms with Crippen LogP contribution in [0.15, 0.2) is 119 Å². The molecule has 2 saturated heterocycles. The van der Waals surface area contributed by atoms with Gasteiger partial charge in [0.15, 0.2) is 6.29 Å². The molecule has 531 valence electrons. The van der Waals surface area contributed by atoms with Crippen molar-refractivity contribution < 1.29 is 82.2 Å². The zero-order valence-corrected chi connectivity index (χ0v) is 63.1. The summed E-state index contributed by atoms with van der Waals surface area (Å²) in [5.41, 5.74) is 1.94. The number of alkyl carbamates (subject to hydrolysis) is 2. The van der Waals surface area contributed by atoms with Crippen molar-refractivity contribution in [2.45, 2.75) is 152 Å². The van der Waals surface area contributed by atoms with Gasteiger partial charge in [-0.05, 0) is 129 Å². The van der Waals surface area contributed by atoms with Crippen LogP contribution in [0.5, 0.6) is 0 Å². The number of halogens is 1. The Bertz CT molecular complexity index is 3660. The topological polar surface area (TPSA) is 367 Å². The second-order valence-electron chi connectivity index (χ2n) is 22.8. The van der Waals surface area contributed by atoms with E-state index in [4.69, 9.17) is 14.5 Å².